The Morgan fingerprint density at radius 1 is 1.45 bits per heavy atom. The molecule has 2 N–H and O–H groups in total. The van der Waals surface area contributed by atoms with Crippen LogP contribution in [0.25, 0.3) is 0 Å². The molecule has 1 aliphatic heterocycles. The Morgan fingerprint density at radius 2 is 2.25 bits per heavy atom. The fourth-order valence-electron chi connectivity index (χ4n) is 1.77. The van der Waals surface area contributed by atoms with Crippen molar-refractivity contribution >= 4 is 17.8 Å². The molecule has 110 valence electrons. The molecule has 2 amide bonds. The fraction of sp³-hybridized carbons (Fsp3) is 0.636. The lowest BCUT2D eigenvalue weighted by Crippen LogP contribution is -2.31. The molecule has 1 atom stereocenters. The lowest BCUT2D eigenvalue weighted by Gasteiger charge is -2.08. The average Bonchev–Trinajstić information content (AvgIpc) is 2.97. The maximum atomic E-state index is 11.7. The van der Waals surface area contributed by atoms with Crippen molar-refractivity contribution < 1.29 is 18.7 Å². The smallest absolute Gasteiger partial charge is 0.316 e. The van der Waals surface area contributed by atoms with Crippen LogP contribution in [0.5, 0.6) is 0 Å². The molecular formula is C11H17N5O4. The number of hydrogen-bond acceptors (Lipinski definition) is 8. The summed E-state index contributed by atoms with van der Waals surface area (Å²) < 4.78 is 10.2. The Balaban J connectivity index is 1.84. The Morgan fingerprint density at radius 3 is 2.90 bits per heavy atom. The molecule has 0 radical (unpaired) electrons. The third-order valence-electron chi connectivity index (χ3n) is 2.91. The minimum Gasteiger partial charge on any atom is -0.407 e. The highest BCUT2D eigenvalue weighted by molar-refractivity contribution is 6.06. The monoisotopic (exact) mass is 283 g/mol. The zero-order valence-corrected chi connectivity index (χ0v) is 11.4. The zero-order chi connectivity index (χ0) is 14.5. The Labute approximate surface area is 115 Å². The van der Waals surface area contributed by atoms with Crippen LogP contribution in [0.4, 0.5) is 6.01 Å². The van der Waals surface area contributed by atoms with E-state index in [1.807, 2.05) is 0 Å². The standard InChI is InChI=1S/C11H17N5O4/c1-16-9(17)5-7(10(16)18)13-11-15-14-8(20-11)6-12-3-4-19-2/h7,12H,3-6H2,1-2H3,(H,13,15). The molecular weight excluding hydrogens is 266 g/mol. The number of rotatable bonds is 7. The van der Waals surface area contributed by atoms with Gasteiger partial charge in [0.05, 0.1) is 19.6 Å². The summed E-state index contributed by atoms with van der Waals surface area (Å²) in [6.07, 6.45) is 0.0964. The molecule has 0 bridgehead atoms. The topological polar surface area (TPSA) is 110 Å². The van der Waals surface area contributed by atoms with Crippen LogP contribution in [0.3, 0.4) is 0 Å². The summed E-state index contributed by atoms with van der Waals surface area (Å²) in [6, 6.07) is -0.503. The first kappa shape index (κ1) is 14.4. The summed E-state index contributed by atoms with van der Waals surface area (Å²) >= 11 is 0. The number of likely N-dealkylation sites (tertiary alicyclic amines) is 1. The second-order valence-corrected chi connectivity index (χ2v) is 4.36. The van der Waals surface area contributed by atoms with Crippen LogP contribution in [-0.4, -0.2) is 60.3 Å². The van der Waals surface area contributed by atoms with Gasteiger partial charge in [-0.25, -0.2) is 0 Å². The highest BCUT2D eigenvalue weighted by Gasteiger charge is 2.36. The molecule has 1 unspecified atom stereocenters. The molecule has 9 nitrogen and oxygen atoms in total. The van der Waals surface area contributed by atoms with E-state index >= 15 is 0 Å². The number of carbonyl (C=O) groups is 2. The van der Waals surface area contributed by atoms with Gasteiger partial charge in [-0.1, -0.05) is 5.10 Å². The van der Waals surface area contributed by atoms with Gasteiger partial charge in [0.1, 0.15) is 6.04 Å². The van der Waals surface area contributed by atoms with E-state index in [9.17, 15) is 9.59 Å². The molecule has 0 aliphatic carbocycles. The number of aromatic nitrogens is 2. The first-order valence-electron chi connectivity index (χ1n) is 6.20. The molecule has 1 aliphatic rings. The Hall–Kier alpha value is -2.00. The summed E-state index contributed by atoms with van der Waals surface area (Å²) in [5, 5.41) is 13.4. The summed E-state index contributed by atoms with van der Waals surface area (Å²) in [7, 11) is 3.07. The van der Waals surface area contributed by atoms with Gasteiger partial charge in [0, 0.05) is 20.7 Å². The number of anilines is 1. The average molecular weight is 283 g/mol. The van der Waals surface area contributed by atoms with Crippen molar-refractivity contribution in [3.8, 4) is 0 Å². The van der Waals surface area contributed by atoms with Crippen molar-refractivity contribution in [3.05, 3.63) is 5.89 Å². The van der Waals surface area contributed by atoms with E-state index in [-0.39, 0.29) is 24.2 Å². The van der Waals surface area contributed by atoms with Crippen molar-refractivity contribution in [2.24, 2.45) is 0 Å². The quantitative estimate of drug-likeness (QED) is 0.483. The Bertz CT molecular complexity index is 489. The van der Waals surface area contributed by atoms with Gasteiger partial charge in [0.15, 0.2) is 0 Å². The van der Waals surface area contributed by atoms with Crippen molar-refractivity contribution in [1.82, 2.24) is 20.4 Å². The molecule has 1 aromatic rings. The molecule has 1 fully saturated rings. The van der Waals surface area contributed by atoms with E-state index in [2.05, 4.69) is 20.8 Å². The maximum absolute atomic E-state index is 11.7. The maximum Gasteiger partial charge on any atom is 0.316 e. The number of carbonyl (C=O) groups excluding carboxylic acids is 2. The van der Waals surface area contributed by atoms with Gasteiger partial charge in [-0.2, -0.15) is 0 Å². The van der Waals surface area contributed by atoms with E-state index in [1.54, 1.807) is 7.11 Å². The number of methoxy groups -OCH3 is 1. The van der Waals surface area contributed by atoms with E-state index in [4.69, 9.17) is 9.15 Å². The number of ether oxygens (including phenoxy) is 1. The highest BCUT2D eigenvalue weighted by atomic mass is 16.5. The van der Waals surface area contributed by atoms with Gasteiger partial charge in [-0.15, -0.1) is 5.10 Å². The van der Waals surface area contributed by atoms with Crippen molar-refractivity contribution in [1.29, 1.82) is 0 Å². The molecule has 0 saturated carbocycles. The molecule has 0 spiro atoms. The molecule has 20 heavy (non-hydrogen) atoms. The second kappa shape index (κ2) is 6.44. The predicted molar refractivity (Wildman–Crippen MR) is 67.7 cm³/mol. The highest BCUT2D eigenvalue weighted by Crippen LogP contribution is 2.16. The van der Waals surface area contributed by atoms with Gasteiger partial charge in [0.2, 0.25) is 11.8 Å². The van der Waals surface area contributed by atoms with Crippen LogP contribution < -0.4 is 10.6 Å². The molecule has 9 heteroatoms. The zero-order valence-electron chi connectivity index (χ0n) is 11.4. The van der Waals surface area contributed by atoms with Gasteiger partial charge in [-0.3, -0.25) is 14.5 Å². The van der Waals surface area contributed by atoms with E-state index in [0.29, 0.717) is 25.6 Å². The van der Waals surface area contributed by atoms with E-state index in [1.165, 1.54) is 7.05 Å². The minimum absolute atomic E-state index is 0.0964. The van der Waals surface area contributed by atoms with Gasteiger partial charge < -0.3 is 19.8 Å². The molecule has 0 aromatic carbocycles. The number of hydrogen-bond donors (Lipinski definition) is 2. The van der Waals surface area contributed by atoms with Gasteiger partial charge in [-0.05, 0) is 0 Å². The molecule has 1 saturated heterocycles. The lowest BCUT2D eigenvalue weighted by atomic mass is 10.2. The molecule has 2 rings (SSSR count). The van der Waals surface area contributed by atoms with E-state index in [0.717, 1.165) is 4.90 Å². The summed E-state index contributed by atoms with van der Waals surface area (Å²) in [4.78, 5) is 24.2. The number of likely N-dealkylation sites (N-methyl/N-ethyl adjacent to an activating group) is 1. The summed E-state index contributed by atoms with van der Waals surface area (Å²) in [5.74, 6) is -0.129. The van der Waals surface area contributed by atoms with Crippen LogP contribution in [0.2, 0.25) is 0 Å². The second-order valence-electron chi connectivity index (χ2n) is 4.36. The van der Waals surface area contributed by atoms with Crippen molar-refractivity contribution in [2.45, 2.75) is 19.0 Å². The first-order valence-corrected chi connectivity index (χ1v) is 6.20. The van der Waals surface area contributed by atoms with Crippen LogP contribution in [-0.2, 0) is 20.9 Å². The number of nitrogens with one attached hydrogen (secondary N) is 2. The van der Waals surface area contributed by atoms with Gasteiger partial charge in [0.25, 0.3) is 5.91 Å². The van der Waals surface area contributed by atoms with Crippen molar-refractivity contribution in [3.63, 3.8) is 0 Å². The van der Waals surface area contributed by atoms with Crippen LogP contribution in [0, 0.1) is 0 Å². The van der Waals surface area contributed by atoms with E-state index < -0.39 is 6.04 Å². The minimum atomic E-state index is -0.637. The van der Waals surface area contributed by atoms with Crippen LogP contribution in [0.1, 0.15) is 12.3 Å². The third-order valence-corrected chi connectivity index (χ3v) is 2.91. The van der Waals surface area contributed by atoms with Crippen LogP contribution in [0.15, 0.2) is 4.42 Å². The summed E-state index contributed by atoms with van der Waals surface area (Å²) in [5.41, 5.74) is 0. The number of imide groups is 1. The predicted octanol–water partition coefficient (Wildman–Crippen LogP) is -1.03. The lowest BCUT2D eigenvalue weighted by molar-refractivity contribution is -0.136. The summed E-state index contributed by atoms with van der Waals surface area (Å²) in [6.45, 7) is 1.67. The van der Waals surface area contributed by atoms with Gasteiger partial charge >= 0.3 is 6.01 Å². The fourth-order valence-corrected chi connectivity index (χ4v) is 1.77. The van der Waals surface area contributed by atoms with Crippen molar-refractivity contribution in [2.75, 3.05) is 32.6 Å². The SMILES string of the molecule is COCCNCc1nnc(NC2CC(=O)N(C)C2=O)o1. The number of nitrogens with zero attached hydrogens (tertiary/aromatic N) is 3. The largest absolute Gasteiger partial charge is 0.407 e. The Kier molecular flexibility index (Phi) is 4.64. The normalized spacial score (nSPS) is 18.9. The first-order chi connectivity index (χ1) is 9.61. The third kappa shape index (κ3) is 3.31. The molecule has 1 aromatic heterocycles. The van der Waals surface area contributed by atoms with Crippen LogP contribution >= 0.6 is 0 Å². The molecule has 2 heterocycles. The number of amides is 2.